The van der Waals surface area contributed by atoms with E-state index in [-0.39, 0.29) is 12.1 Å². The van der Waals surface area contributed by atoms with Crippen LogP contribution in [0.5, 0.6) is 0 Å². The van der Waals surface area contributed by atoms with Gasteiger partial charge in [-0.15, -0.1) is 0 Å². The van der Waals surface area contributed by atoms with Gasteiger partial charge in [-0.1, -0.05) is 12.1 Å². The van der Waals surface area contributed by atoms with Gasteiger partial charge in [-0.2, -0.15) is 0 Å². The molecule has 4 heteroatoms. The molecular formula is C14H19F2NO. The summed E-state index contributed by atoms with van der Waals surface area (Å²) < 4.78 is 26.7. The SMILES string of the molecule is CC(NCC1CCC(O)C1)c1cccc(F)c1F. The van der Waals surface area contributed by atoms with Crippen LogP contribution < -0.4 is 5.32 Å². The molecule has 0 aliphatic heterocycles. The van der Waals surface area contributed by atoms with Crippen molar-refractivity contribution in [3.8, 4) is 0 Å². The lowest BCUT2D eigenvalue weighted by Crippen LogP contribution is -2.25. The quantitative estimate of drug-likeness (QED) is 0.867. The van der Waals surface area contributed by atoms with E-state index in [2.05, 4.69) is 5.32 Å². The number of hydrogen-bond donors (Lipinski definition) is 2. The molecule has 1 aliphatic carbocycles. The Labute approximate surface area is 106 Å². The summed E-state index contributed by atoms with van der Waals surface area (Å²) in [7, 11) is 0. The standard InChI is InChI=1S/C14H19F2NO/c1-9(12-3-2-4-13(15)14(12)16)17-8-10-5-6-11(18)7-10/h2-4,9-11,17-18H,5-8H2,1H3. The zero-order chi connectivity index (χ0) is 13.1. The molecule has 1 aliphatic rings. The molecule has 1 aromatic rings. The topological polar surface area (TPSA) is 32.3 Å². The van der Waals surface area contributed by atoms with Crippen molar-refractivity contribution < 1.29 is 13.9 Å². The van der Waals surface area contributed by atoms with Gasteiger partial charge in [0.1, 0.15) is 0 Å². The number of hydrogen-bond acceptors (Lipinski definition) is 2. The molecule has 1 fully saturated rings. The largest absolute Gasteiger partial charge is 0.393 e. The van der Waals surface area contributed by atoms with Crippen LogP contribution in [-0.4, -0.2) is 17.8 Å². The first kappa shape index (κ1) is 13.4. The third kappa shape index (κ3) is 3.06. The lowest BCUT2D eigenvalue weighted by Gasteiger charge is -2.18. The molecule has 3 atom stereocenters. The Kier molecular flexibility index (Phi) is 4.30. The minimum absolute atomic E-state index is 0.196. The van der Waals surface area contributed by atoms with Crippen molar-refractivity contribution >= 4 is 0 Å². The van der Waals surface area contributed by atoms with Crippen LogP contribution in [0.3, 0.4) is 0 Å². The fourth-order valence-electron chi connectivity index (χ4n) is 2.54. The third-order valence-electron chi connectivity index (χ3n) is 3.67. The second-order valence-corrected chi connectivity index (χ2v) is 5.11. The molecule has 3 unspecified atom stereocenters. The second kappa shape index (κ2) is 5.76. The van der Waals surface area contributed by atoms with E-state index >= 15 is 0 Å². The summed E-state index contributed by atoms with van der Waals surface area (Å²) in [6, 6.07) is 4.02. The average molecular weight is 255 g/mol. The predicted molar refractivity (Wildman–Crippen MR) is 66.1 cm³/mol. The number of nitrogens with one attached hydrogen (secondary N) is 1. The molecule has 0 spiro atoms. The molecule has 2 nitrogen and oxygen atoms in total. The van der Waals surface area contributed by atoms with Crippen molar-refractivity contribution in [1.82, 2.24) is 5.32 Å². The van der Waals surface area contributed by atoms with Gasteiger partial charge in [0.15, 0.2) is 11.6 Å². The minimum atomic E-state index is -0.808. The van der Waals surface area contributed by atoms with Crippen molar-refractivity contribution in [1.29, 1.82) is 0 Å². The van der Waals surface area contributed by atoms with Gasteiger partial charge in [-0.25, -0.2) is 8.78 Å². The van der Waals surface area contributed by atoms with Crippen molar-refractivity contribution in [2.24, 2.45) is 5.92 Å². The van der Waals surface area contributed by atoms with Crippen LogP contribution in [0.15, 0.2) is 18.2 Å². The van der Waals surface area contributed by atoms with E-state index in [4.69, 9.17) is 0 Å². The summed E-state index contributed by atoms with van der Waals surface area (Å²) in [4.78, 5) is 0. The summed E-state index contributed by atoms with van der Waals surface area (Å²) in [5.74, 6) is -1.15. The van der Waals surface area contributed by atoms with Gasteiger partial charge in [-0.05, 0) is 44.7 Å². The zero-order valence-electron chi connectivity index (χ0n) is 10.5. The van der Waals surface area contributed by atoms with Crippen LogP contribution in [0.4, 0.5) is 8.78 Å². The highest BCUT2D eigenvalue weighted by atomic mass is 19.2. The first-order chi connectivity index (χ1) is 8.58. The van der Waals surface area contributed by atoms with E-state index in [1.54, 1.807) is 6.07 Å². The monoisotopic (exact) mass is 255 g/mol. The van der Waals surface area contributed by atoms with Crippen LogP contribution in [0, 0.1) is 17.6 Å². The predicted octanol–water partition coefficient (Wildman–Crippen LogP) is 2.78. The Morgan fingerprint density at radius 3 is 2.83 bits per heavy atom. The summed E-state index contributed by atoms with van der Waals surface area (Å²) in [5.41, 5.74) is 0.355. The molecule has 0 amide bonds. The molecule has 2 rings (SSSR count). The number of benzene rings is 1. The summed E-state index contributed by atoms with van der Waals surface area (Å²) in [5, 5.41) is 12.6. The second-order valence-electron chi connectivity index (χ2n) is 5.11. The highest BCUT2D eigenvalue weighted by molar-refractivity contribution is 5.21. The van der Waals surface area contributed by atoms with Gasteiger partial charge >= 0.3 is 0 Å². The Morgan fingerprint density at radius 2 is 2.17 bits per heavy atom. The van der Waals surface area contributed by atoms with E-state index in [0.717, 1.165) is 31.9 Å². The normalized spacial score (nSPS) is 25.3. The number of aliphatic hydroxyl groups is 1. The van der Waals surface area contributed by atoms with Crippen LogP contribution >= 0.6 is 0 Å². The Bertz CT molecular complexity index is 411. The zero-order valence-corrected chi connectivity index (χ0v) is 10.5. The van der Waals surface area contributed by atoms with Crippen LogP contribution in [0.1, 0.15) is 37.8 Å². The van der Waals surface area contributed by atoms with Gasteiger partial charge in [0.25, 0.3) is 0 Å². The fourth-order valence-corrected chi connectivity index (χ4v) is 2.54. The highest BCUT2D eigenvalue weighted by Crippen LogP contribution is 2.26. The number of aliphatic hydroxyl groups excluding tert-OH is 1. The molecular weight excluding hydrogens is 236 g/mol. The maximum Gasteiger partial charge on any atom is 0.163 e. The summed E-state index contributed by atoms with van der Waals surface area (Å²) in [6.07, 6.45) is 2.44. The van der Waals surface area contributed by atoms with E-state index < -0.39 is 11.6 Å². The number of rotatable bonds is 4. The van der Waals surface area contributed by atoms with Crippen molar-refractivity contribution in [3.63, 3.8) is 0 Å². The minimum Gasteiger partial charge on any atom is -0.393 e. The summed E-state index contributed by atoms with van der Waals surface area (Å²) >= 11 is 0. The maximum atomic E-state index is 13.6. The van der Waals surface area contributed by atoms with Crippen LogP contribution in [0.2, 0.25) is 0 Å². The molecule has 0 heterocycles. The smallest absolute Gasteiger partial charge is 0.163 e. The van der Waals surface area contributed by atoms with Gasteiger partial charge in [-0.3, -0.25) is 0 Å². The van der Waals surface area contributed by atoms with E-state index in [1.807, 2.05) is 6.92 Å². The molecule has 1 aromatic carbocycles. The molecule has 0 bridgehead atoms. The average Bonchev–Trinajstić information content (AvgIpc) is 2.76. The van der Waals surface area contributed by atoms with Crippen molar-refractivity contribution in [2.45, 2.75) is 38.3 Å². The molecule has 0 saturated heterocycles. The van der Waals surface area contributed by atoms with E-state index in [0.29, 0.717) is 11.5 Å². The van der Waals surface area contributed by atoms with Crippen molar-refractivity contribution in [2.75, 3.05) is 6.54 Å². The fraction of sp³-hybridized carbons (Fsp3) is 0.571. The first-order valence-electron chi connectivity index (χ1n) is 6.43. The third-order valence-corrected chi connectivity index (χ3v) is 3.67. The summed E-state index contributed by atoms with van der Waals surface area (Å²) in [6.45, 7) is 2.55. The lowest BCUT2D eigenvalue weighted by atomic mass is 10.0. The van der Waals surface area contributed by atoms with E-state index in [9.17, 15) is 13.9 Å². The molecule has 0 radical (unpaired) electrons. The first-order valence-corrected chi connectivity index (χ1v) is 6.43. The number of halogens is 2. The van der Waals surface area contributed by atoms with Crippen LogP contribution in [0.25, 0.3) is 0 Å². The highest BCUT2D eigenvalue weighted by Gasteiger charge is 2.23. The Morgan fingerprint density at radius 1 is 1.39 bits per heavy atom. The molecule has 1 saturated carbocycles. The molecule has 0 aromatic heterocycles. The lowest BCUT2D eigenvalue weighted by molar-refractivity contribution is 0.177. The van der Waals surface area contributed by atoms with Gasteiger partial charge in [0.05, 0.1) is 6.10 Å². The molecule has 100 valence electrons. The van der Waals surface area contributed by atoms with Gasteiger partial charge < -0.3 is 10.4 Å². The molecule has 18 heavy (non-hydrogen) atoms. The van der Waals surface area contributed by atoms with E-state index in [1.165, 1.54) is 6.07 Å². The maximum absolute atomic E-state index is 13.6. The Hall–Kier alpha value is -1.00. The molecule has 2 N–H and O–H groups in total. The van der Waals surface area contributed by atoms with Crippen molar-refractivity contribution in [3.05, 3.63) is 35.4 Å². The Balaban J connectivity index is 1.91. The van der Waals surface area contributed by atoms with Crippen LogP contribution in [-0.2, 0) is 0 Å². The van der Waals surface area contributed by atoms with Gasteiger partial charge in [0, 0.05) is 11.6 Å². The van der Waals surface area contributed by atoms with Gasteiger partial charge in [0.2, 0.25) is 0 Å².